The third-order valence-electron chi connectivity index (χ3n) is 7.25. The van der Waals surface area contributed by atoms with E-state index in [4.69, 9.17) is 10.5 Å². The number of carbonyl (C=O) groups is 4. The number of anilines is 2. The highest BCUT2D eigenvalue weighted by molar-refractivity contribution is 6.11. The Balaban J connectivity index is 1.66. The summed E-state index contributed by atoms with van der Waals surface area (Å²) in [6, 6.07) is 12.4. The van der Waals surface area contributed by atoms with Crippen molar-refractivity contribution in [3.8, 4) is 5.88 Å². The summed E-state index contributed by atoms with van der Waals surface area (Å²) in [7, 11) is 0. The zero-order chi connectivity index (χ0) is 33.8. The van der Waals surface area contributed by atoms with Crippen LogP contribution in [0, 0.1) is 6.92 Å². The zero-order valence-electron chi connectivity index (χ0n) is 25.7. The van der Waals surface area contributed by atoms with Crippen molar-refractivity contribution >= 4 is 35.4 Å². The lowest BCUT2D eigenvalue weighted by Crippen LogP contribution is -2.48. The maximum absolute atomic E-state index is 14.4. The molecule has 0 radical (unpaired) electrons. The van der Waals surface area contributed by atoms with Crippen molar-refractivity contribution in [3.63, 3.8) is 0 Å². The highest BCUT2D eigenvalue weighted by Gasteiger charge is 2.45. The second-order valence-electron chi connectivity index (χ2n) is 11.1. The molecule has 0 bridgehead atoms. The van der Waals surface area contributed by atoms with E-state index in [2.05, 4.69) is 14.7 Å². The lowest BCUT2D eigenvalue weighted by molar-refractivity contribution is -0.202. The van der Waals surface area contributed by atoms with Crippen LogP contribution < -0.4 is 15.4 Å². The fraction of sp³-hybridized carbons (Fsp3) is 0.375. The van der Waals surface area contributed by atoms with Crippen molar-refractivity contribution in [2.75, 3.05) is 17.2 Å². The van der Waals surface area contributed by atoms with Gasteiger partial charge in [0.25, 0.3) is 11.8 Å². The number of halogens is 3. The number of nitrogen functional groups attached to an aromatic ring is 1. The van der Waals surface area contributed by atoms with E-state index in [9.17, 15) is 32.3 Å². The molecule has 1 aromatic heterocycles. The largest absolute Gasteiger partial charge is 0.491 e. The summed E-state index contributed by atoms with van der Waals surface area (Å²) in [5.74, 6) is -4.81. The molecule has 2 atom stereocenters. The number of rotatable bonds is 10. The Bertz CT molecular complexity index is 1600. The first kappa shape index (κ1) is 33.9. The fourth-order valence-electron chi connectivity index (χ4n) is 5.30. The number of nitrogens with zero attached hydrogens (tertiary/aromatic N) is 4. The van der Waals surface area contributed by atoms with Crippen LogP contribution in [0.15, 0.2) is 54.6 Å². The number of aromatic nitrogens is 2. The smallest absolute Gasteiger partial charge is 0.478 e. The summed E-state index contributed by atoms with van der Waals surface area (Å²) in [5.41, 5.74) is 8.05. The number of nitrogens with two attached hydrogens (primary N) is 1. The number of alkyl halides is 3. The van der Waals surface area contributed by atoms with Gasteiger partial charge in [0.05, 0.1) is 24.3 Å². The SMILES string of the molecule is Cc1cc(OCCCc2ccc3c(c2)C(=O)N(C(C)CC(=O)OC(=O)C(F)(F)F)C(c2ccccc2)C(=O)N3C(C)C)nc(N)n1. The number of benzene rings is 2. The average molecular weight is 642 g/mol. The van der Waals surface area contributed by atoms with E-state index in [-0.39, 0.29) is 18.1 Å². The molecule has 3 aromatic rings. The van der Waals surface area contributed by atoms with Gasteiger partial charge in [-0.1, -0.05) is 36.4 Å². The van der Waals surface area contributed by atoms with Gasteiger partial charge in [-0.2, -0.15) is 18.2 Å². The molecule has 2 aromatic carbocycles. The van der Waals surface area contributed by atoms with E-state index in [1.165, 1.54) is 16.7 Å². The van der Waals surface area contributed by atoms with Crippen molar-refractivity contribution in [2.24, 2.45) is 0 Å². The average Bonchev–Trinajstić information content (AvgIpc) is 3.06. The van der Waals surface area contributed by atoms with Crippen LogP contribution in [0.2, 0.25) is 0 Å². The molecule has 4 rings (SSSR count). The van der Waals surface area contributed by atoms with Crippen LogP contribution in [0.4, 0.5) is 24.8 Å². The molecular weight excluding hydrogens is 607 g/mol. The first-order valence-corrected chi connectivity index (χ1v) is 14.6. The zero-order valence-corrected chi connectivity index (χ0v) is 25.7. The standard InChI is InChI=1S/C32H34F3N5O6/c1-18(2)39-24-13-12-21(9-8-14-45-25-15-19(3)37-31(36)38-25)17-23(24)28(42)40(27(29(39)43)22-10-6-5-7-11-22)20(4)16-26(41)46-30(44)32(33,34)35/h5-7,10-13,15,17-18,20,27H,8-9,14,16H2,1-4H3,(H2,36,37,38). The van der Waals surface area contributed by atoms with Gasteiger partial charge in [0, 0.05) is 23.8 Å². The molecule has 1 aliphatic heterocycles. The van der Waals surface area contributed by atoms with E-state index in [1.807, 2.05) is 0 Å². The Kier molecular flexibility index (Phi) is 10.3. The number of ether oxygens (including phenoxy) is 2. The number of fused-ring (bicyclic) bond motifs is 1. The van der Waals surface area contributed by atoms with Gasteiger partial charge in [0.2, 0.25) is 11.8 Å². The van der Waals surface area contributed by atoms with E-state index >= 15 is 0 Å². The van der Waals surface area contributed by atoms with Crippen LogP contribution in [-0.4, -0.2) is 63.5 Å². The maximum Gasteiger partial charge on any atom is 0.491 e. The summed E-state index contributed by atoms with van der Waals surface area (Å²) in [6.45, 7) is 7.05. The number of hydrogen-bond acceptors (Lipinski definition) is 9. The minimum absolute atomic E-state index is 0.0938. The molecule has 1 aliphatic rings. The highest BCUT2D eigenvalue weighted by atomic mass is 19.4. The Labute approximate surface area is 263 Å². The third-order valence-corrected chi connectivity index (χ3v) is 7.25. The highest BCUT2D eigenvalue weighted by Crippen LogP contribution is 2.38. The lowest BCUT2D eigenvalue weighted by Gasteiger charge is -2.36. The molecule has 0 fully saturated rings. The summed E-state index contributed by atoms with van der Waals surface area (Å²) in [6.07, 6.45) is -5.13. The normalized spacial score (nSPS) is 15.8. The molecule has 0 spiro atoms. The monoisotopic (exact) mass is 641 g/mol. The van der Waals surface area contributed by atoms with Gasteiger partial charge in [0.1, 0.15) is 6.04 Å². The van der Waals surface area contributed by atoms with Crippen LogP contribution >= 0.6 is 0 Å². The van der Waals surface area contributed by atoms with Crippen molar-refractivity contribution < 1.29 is 41.8 Å². The third kappa shape index (κ3) is 7.79. The molecule has 11 nitrogen and oxygen atoms in total. The maximum atomic E-state index is 14.4. The van der Waals surface area contributed by atoms with E-state index in [1.54, 1.807) is 75.4 Å². The lowest BCUT2D eigenvalue weighted by atomic mass is 10.00. The van der Waals surface area contributed by atoms with Crippen molar-refractivity contribution in [2.45, 2.75) is 71.3 Å². The molecule has 46 heavy (non-hydrogen) atoms. The molecule has 0 saturated carbocycles. The Morgan fingerprint density at radius 1 is 1.02 bits per heavy atom. The van der Waals surface area contributed by atoms with Gasteiger partial charge in [-0.05, 0) is 63.8 Å². The topological polar surface area (TPSA) is 145 Å². The summed E-state index contributed by atoms with van der Waals surface area (Å²) >= 11 is 0. The molecule has 2 N–H and O–H groups in total. The van der Waals surface area contributed by atoms with Crippen LogP contribution in [0.5, 0.6) is 5.88 Å². The minimum Gasteiger partial charge on any atom is -0.478 e. The predicted molar refractivity (Wildman–Crippen MR) is 161 cm³/mol. The molecule has 2 heterocycles. The number of esters is 2. The fourth-order valence-corrected chi connectivity index (χ4v) is 5.30. The predicted octanol–water partition coefficient (Wildman–Crippen LogP) is 4.73. The van der Waals surface area contributed by atoms with Crippen molar-refractivity contribution in [1.29, 1.82) is 0 Å². The van der Waals surface area contributed by atoms with Crippen LogP contribution in [0.1, 0.15) is 66.8 Å². The van der Waals surface area contributed by atoms with Crippen molar-refractivity contribution in [1.82, 2.24) is 14.9 Å². The van der Waals surface area contributed by atoms with Crippen LogP contribution in [-0.2, 0) is 25.5 Å². The van der Waals surface area contributed by atoms with Gasteiger partial charge in [0.15, 0.2) is 0 Å². The first-order chi connectivity index (χ1) is 21.7. The van der Waals surface area contributed by atoms with Gasteiger partial charge in [-0.25, -0.2) is 9.78 Å². The molecule has 244 valence electrons. The number of aryl methyl sites for hydroxylation is 2. The summed E-state index contributed by atoms with van der Waals surface area (Å²) < 4.78 is 47.9. The molecule has 2 unspecified atom stereocenters. The van der Waals surface area contributed by atoms with Crippen LogP contribution in [0.3, 0.4) is 0 Å². The Morgan fingerprint density at radius 3 is 2.35 bits per heavy atom. The van der Waals surface area contributed by atoms with E-state index in [0.29, 0.717) is 35.7 Å². The molecule has 2 amide bonds. The Morgan fingerprint density at radius 2 is 1.72 bits per heavy atom. The van der Waals surface area contributed by atoms with Gasteiger partial charge >= 0.3 is 18.1 Å². The van der Waals surface area contributed by atoms with E-state index < -0.39 is 54.5 Å². The second-order valence-corrected chi connectivity index (χ2v) is 11.1. The minimum atomic E-state index is -5.38. The summed E-state index contributed by atoms with van der Waals surface area (Å²) in [5, 5.41) is 0. The van der Waals surface area contributed by atoms with Gasteiger partial charge in [-0.3, -0.25) is 14.4 Å². The summed E-state index contributed by atoms with van der Waals surface area (Å²) in [4.78, 5) is 63.1. The molecular formula is C32H34F3N5O6. The molecule has 0 saturated heterocycles. The second kappa shape index (κ2) is 14.0. The Hall–Kier alpha value is -5.01. The van der Waals surface area contributed by atoms with Gasteiger partial charge in [-0.15, -0.1) is 0 Å². The number of hydrogen-bond donors (Lipinski definition) is 1. The van der Waals surface area contributed by atoms with Crippen LogP contribution in [0.25, 0.3) is 0 Å². The van der Waals surface area contributed by atoms with Gasteiger partial charge < -0.3 is 25.0 Å². The van der Waals surface area contributed by atoms with E-state index in [0.717, 1.165) is 5.56 Å². The van der Waals surface area contributed by atoms with Crippen molar-refractivity contribution in [3.05, 3.63) is 77.0 Å². The first-order valence-electron chi connectivity index (χ1n) is 14.6. The number of carbonyl (C=O) groups excluding carboxylic acids is 4. The quantitative estimate of drug-likeness (QED) is 0.189. The number of amides is 2. The molecule has 0 aliphatic carbocycles. The molecule has 14 heteroatoms.